The van der Waals surface area contributed by atoms with Crippen LogP contribution in [0.3, 0.4) is 0 Å². The topological polar surface area (TPSA) is 137 Å². The quantitative estimate of drug-likeness (QED) is 0.286. The summed E-state index contributed by atoms with van der Waals surface area (Å²) in [5, 5.41) is 16.4. The van der Waals surface area contributed by atoms with E-state index >= 15 is 0 Å². The Balaban J connectivity index is 0.00000432. The Labute approximate surface area is 209 Å². The highest BCUT2D eigenvalue weighted by atomic mass is 35.5. The molecule has 0 bridgehead atoms. The predicted octanol–water partition coefficient (Wildman–Crippen LogP) is 3.60. The Morgan fingerprint density at radius 3 is 2.46 bits per heavy atom. The minimum atomic E-state index is -1.46. The van der Waals surface area contributed by atoms with Crippen LogP contribution in [0.5, 0.6) is 0 Å². The molecular weight excluding hydrogens is 509 g/mol. The van der Waals surface area contributed by atoms with Gasteiger partial charge in [-0.3, -0.25) is 9.59 Å². The summed E-state index contributed by atoms with van der Waals surface area (Å²) in [6, 6.07) is 11.2. The van der Waals surface area contributed by atoms with Crippen LogP contribution in [-0.2, 0) is 16.1 Å². The lowest BCUT2D eigenvalue weighted by Gasteiger charge is -2.14. The number of carbonyl (C=O) groups is 3. The Bertz CT molecular complexity index is 1220. The molecule has 1 aromatic heterocycles. The van der Waals surface area contributed by atoms with E-state index in [1.54, 1.807) is 30.3 Å². The summed E-state index contributed by atoms with van der Waals surface area (Å²) >= 11 is 5.84. The Morgan fingerprint density at radius 2 is 1.80 bits per heavy atom. The number of amides is 2. The van der Waals surface area contributed by atoms with Crippen molar-refractivity contribution in [2.24, 2.45) is 5.73 Å². The molecule has 0 aliphatic heterocycles. The molecule has 2 amide bonds. The molecule has 13 heteroatoms. The van der Waals surface area contributed by atoms with E-state index in [2.05, 4.69) is 10.4 Å². The fourth-order valence-electron chi connectivity index (χ4n) is 2.89. The van der Waals surface area contributed by atoms with Crippen molar-refractivity contribution in [2.45, 2.75) is 25.7 Å². The van der Waals surface area contributed by atoms with Crippen LogP contribution in [0.15, 0.2) is 48.5 Å². The Kier molecular flexibility index (Phi) is 9.69. The van der Waals surface area contributed by atoms with Gasteiger partial charge in [-0.2, -0.15) is 5.10 Å². The highest BCUT2D eigenvalue weighted by Gasteiger charge is 2.23. The van der Waals surface area contributed by atoms with Crippen LogP contribution in [0.25, 0.3) is 0 Å². The van der Waals surface area contributed by atoms with Crippen molar-refractivity contribution in [3.8, 4) is 0 Å². The second kappa shape index (κ2) is 12.2. The minimum absolute atomic E-state index is 0. The summed E-state index contributed by atoms with van der Waals surface area (Å²) in [6.07, 6.45) is -1.85. The molecule has 1 atom stereocenters. The van der Waals surface area contributed by atoms with E-state index in [1.807, 2.05) is 0 Å². The van der Waals surface area contributed by atoms with Gasteiger partial charge >= 0.3 is 5.97 Å². The standard InChI is InChI=1S/C22H19ClF2N4O5.ClH/c23-14-9-16(25)15(24)8-13(14)21(32)27-19-10-17(28-29(19)20(31)7-6-18(26)30)22(33)34-11-12-4-2-1-3-5-12;/h1-5,8-10,20,31H,6-7,11H2,(H2,26,30)(H,27,32);1H. The van der Waals surface area contributed by atoms with Crippen LogP contribution in [0.2, 0.25) is 5.02 Å². The fraction of sp³-hybridized carbons (Fsp3) is 0.182. The predicted molar refractivity (Wildman–Crippen MR) is 124 cm³/mol. The number of benzene rings is 2. The molecular formula is C22H20Cl2F2N4O5. The molecule has 0 saturated heterocycles. The van der Waals surface area contributed by atoms with Crippen molar-refractivity contribution in [3.05, 3.63) is 82.0 Å². The third-order valence-electron chi connectivity index (χ3n) is 4.59. The Morgan fingerprint density at radius 1 is 1.14 bits per heavy atom. The number of anilines is 1. The van der Waals surface area contributed by atoms with Gasteiger partial charge < -0.3 is 20.9 Å². The summed E-state index contributed by atoms with van der Waals surface area (Å²) in [6.45, 7) is -0.0527. The summed E-state index contributed by atoms with van der Waals surface area (Å²) in [5.74, 6) is -5.23. The lowest BCUT2D eigenvalue weighted by Crippen LogP contribution is -2.21. The smallest absolute Gasteiger partial charge is 0.359 e. The number of aliphatic hydroxyl groups excluding tert-OH is 1. The van der Waals surface area contributed by atoms with E-state index in [0.717, 1.165) is 16.3 Å². The van der Waals surface area contributed by atoms with Crippen molar-refractivity contribution in [3.63, 3.8) is 0 Å². The number of hydrogen-bond acceptors (Lipinski definition) is 6. The molecule has 0 spiro atoms. The first-order valence-corrected chi connectivity index (χ1v) is 10.3. The number of halogens is 4. The van der Waals surface area contributed by atoms with Gasteiger partial charge in [0.2, 0.25) is 5.91 Å². The SMILES string of the molecule is Cl.NC(=O)CCC(O)n1nc(C(=O)OCc2ccccc2)cc1NC(=O)c1cc(F)c(F)cc1Cl. The maximum atomic E-state index is 13.6. The largest absolute Gasteiger partial charge is 0.456 e. The molecule has 0 aliphatic carbocycles. The highest BCUT2D eigenvalue weighted by molar-refractivity contribution is 6.34. The van der Waals surface area contributed by atoms with Crippen LogP contribution in [-0.4, -0.2) is 32.7 Å². The zero-order chi connectivity index (χ0) is 24.8. The van der Waals surface area contributed by atoms with Crippen LogP contribution < -0.4 is 11.1 Å². The molecule has 1 heterocycles. The van der Waals surface area contributed by atoms with E-state index in [4.69, 9.17) is 22.1 Å². The molecule has 3 aromatic rings. The number of carbonyl (C=O) groups excluding carboxylic acids is 3. The third-order valence-corrected chi connectivity index (χ3v) is 4.90. The molecule has 2 aromatic carbocycles. The summed E-state index contributed by atoms with van der Waals surface area (Å²) in [4.78, 5) is 36.2. The molecule has 0 saturated carbocycles. The zero-order valence-electron chi connectivity index (χ0n) is 17.9. The Hall–Kier alpha value is -3.54. The van der Waals surface area contributed by atoms with E-state index in [9.17, 15) is 28.3 Å². The average Bonchev–Trinajstić information content (AvgIpc) is 3.22. The molecule has 9 nitrogen and oxygen atoms in total. The van der Waals surface area contributed by atoms with Gasteiger partial charge in [-0.25, -0.2) is 18.3 Å². The second-order valence-corrected chi connectivity index (χ2v) is 7.51. The number of ether oxygens (including phenoxy) is 1. The molecule has 1 unspecified atom stereocenters. The average molecular weight is 529 g/mol. The van der Waals surface area contributed by atoms with E-state index in [-0.39, 0.29) is 48.4 Å². The van der Waals surface area contributed by atoms with Gasteiger partial charge in [0.1, 0.15) is 18.7 Å². The number of primary amides is 1. The van der Waals surface area contributed by atoms with Gasteiger partial charge in [0, 0.05) is 18.9 Å². The number of rotatable bonds is 9. The maximum absolute atomic E-state index is 13.6. The fourth-order valence-corrected chi connectivity index (χ4v) is 3.12. The molecule has 35 heavy (non-hydrogen) atoms. The van der Waals surface area contributed by atoms with Crippen molar-refractivity contribution < 1.29 is 33.0 Å². The number of hydrogen-bond donors (Lipinski definition) is 3. The first-order chi connectivity index (χ1) is 16.2. The van der Waals surface area contributed by atoms with Gasteiger partial charge in [-0.15, -0.1) is 12.4 Å². The maximum Gasteiger partial charge on any atom is 0.359 e. The van der Waals surface area contributed by atoms with Gasteiger partial charge in [0.15, 0.2) is 17.3 Å². The summed E-state index contributed by atoms with van der Waals surface area (Å²) in [5.41, 5.74) is 5.16. The van der Waals surface area contributed by atoms with Crippen LogP contribution in [0.4, 0.5) is 14.6 Å². The number of esters is 1. The zero-order valence-corrected chi connectivity index (χ0v) is 19.5. The lowest BCUT2D eigenvalue weighted by molar-refractivity contribution is -0.118. The van der Waals surface area contributed by atoms with Crippen molar-refractivity contribution in [1.29, 1.82) is 0 Å². The number of aliphatic hydroxyl groups is 1. The van der Waals surface area contributed by atoms with Crippen molar-refractivity contribution in [1.82, 2.24) is 9.78 Å². The number of nitrogens with zero attached hydrogens (tertiary/aromatic N) is 2. The molecule has 186 valence electrons. The van der Waals surface area contributed by atoms with E-state index < -0.39 is 41.2 Å². The van der Waals surface area contributed by atoms with Gasteiger partial charge in [-0.05, 0) is 17.7 Å². The van der Waals surface area contributed by atoms with Crippen LogP contribution in [0.1, 0.15) is 45.5 Å². The number of nitrogens with two attached hydrogens (primary N) is 1. The van der Waals surface area contributed by atoms with Gasteiger partial charge in [0.25, 0.3) is 5.91 Å². The molecule has 4 N–H and O–H groups in total. The first-order valence-electron chi connectivity index (χ1n) is 9.88. The summed E-state index contributed by atoms with van der Waals surface area (Å²) < 4.78 is 33.0. The molecule has 3 rings (SSSR count). The molecule has 0 aliphatic rings. The normalized spacial score (nSPS) is 11.3. The third kappa shape index (κ3) is 7.22. The van der Waals surface area contributed by atoms with E-state index in [0.29, 0.717) is 12.1 Å². The highest BCUT2D eigenvalue weighted by Crippen LogP contribution is 2.24. The van der Waals surface area contributed by atoms with Gasteiger partial charge in [0.05, 0.1) is 10.6 Å². The van der Waals surface area contributed by atoms with Crippen LogP contribution in [0, 0.1) is 11.6 Å². The summed E-state index contributed by atoms with van der Waals surface area (Å²) in [7, 11) is 0. The molecule has 0 fully saturated rings. The number of nitrogens with one attached hydrogen (secondary N) is 1. The van der Waals surface area contributed by atoms with E-state index in [1.165, 1.54) is 0 Å². The number of aromatic nitrogens is 2. The monoisotopic (exact) mass is 528 g/mol. The lowest BCUT2D eigenvalue weighted by atomic mass is 10.2. The second-order valence-electron chi connectivity index (χ2n) is 7.11. The van der Waals surface area contributed by atoms with Crippen LogP contribution >= 0.6 is 24.0 Å². The van der Waals surface area contributed by atoms with Crippen molar-refractivity contribution in [2.75, 3.05) is 5.32 Å². The molecule has 0 radical (unpaired) electrons. The first kappa shape index (κ1) is 27.7. The van der Waals surface area contributed by atoms with Crippen molar-refractivity contribution >= 4 is 47.6 Å². The minimum Gasteiger partial charge on any atom is -0.456 e. The van der Waals surface area contributed by atoms with Gasteiger partial charge in [-0.1, -0.05) is 41.9 Å².